The van der Waals surface area contributed by atoms with Crippen molar-refractivity contribution < 1.29 is 4.79 Å². The second-order valence-electron chi connectivity index (χ2n) is 5.10. The van der Waals surface area contributed by atoms with E-state index in [-0.39, 0.29) is 6.03 Å². The van der Waals surface area contributed by atoms with E-state index in [4.69, 9.17) is 0 Å². The van der Waals surface area contributed by atoms with E-state index in [0.29, 0.717) is 6.04 Å². The van der Waals surface area contributed by atoms with E-state index < -0.39 is 0 Å². The largest absolute Gasteiger partial charge is 0.339 e. The number of nitrogens with zero attached hydrogens (tertiary/aromatic N) is 2. The third-order valence-electron chi connectivity index (χ3n) is 3.74. The van der Waals surface area contributed by atoms with E-state index in [1.54, 1.807) is 0 Å². The molecule has 0 aromatic rings. The van der Waals surface area contributed by atoms with Crippen molar-refractivity contribution >= 4 is 6.03 Å². The van der Waals surface area contributed by atoms with Crippen LogP contribution in [0, 0.1) is 0 Å². The van der Waals surface area contributed by atoms with E-state index in [2.05, 4.69) is 5.32 Å². The predicted molar refractivity (Wildman–Crippen MR) is 64.4 cm³/mol. The lowest BCUT2D eigenvalue weighted by Crippen LogP contribution is -2.42. The lowest BCUT2D eigenvalue weighted by Gasteiger charge is -2.27. The summed E-state index contributed by atoms with van der Waals surface area (Å²) in [5.41, 5.74) is 0. The summed E-state index contributed by atoms with van der Waals surface area (Å²) >= 11 is 0. The van der Waals surface area contributed by atoms with Gasteiger partial charge in [-0.1, -0.05) is 25.7 Å². The summed E-state index contributed by atoms with van der Waals surface area (Å²) < 4.78 is 0. The standard InChI is InChI=1S/C13H23N2O/c16-13(15-10-6-3-7-11-15)14-12-8-4-1-2-5-9-12/h12H,1-11H2. The van der Waals surface area contributed by atoms with Crippen LogP contribution in [-0.4, -0.2) is 30.1 Å². The maximum absolute atomic E-state index is 11.9. The molecule has 1 saturated carbocycles. The predicted octanol–water partition coefficient (Wildman–Crippen LogP) is 2.92. The number of hydrogen-bond donors (Lipinski definition) is 0. The highest BCUT2D eigenvalue weighted by Gasteiger charge is 2.22. The number of amides is 2. The minimum absolute atomic E-state index is 0.0617. The van der Waals surface area contributed by atoms with Gasteiger partial charge in [-0.25, -0.2) is 10.1 Å². The van der Waals surface area contributed by atoms with Gasteiger partial charge in [-0.15, -0.1) is 0 Å². The number of likely N-dealkylation sites (tertiary alicyclic amines) is 1. The normalized spacial score (nSPS) is 23.9. The second-order valence-corrected chi connectivity index (χ2v) is 5.10. The third kappa shape index (κ3) is 3.39. The Morgan fingerprint density at radius 2 is 1.44 bits per heavy atom. The van der Waals surface area contributed by atoms with Crippen molar-refractivity contribution in [2.24, 2.45) is 0 Å². The van der Waals surface area contributed by atoms with Crippen molar-refractivity contribution in [1.29, 1.82) is 0 Å². The molecule has 1 heterocycles. The quantitative estimate of drug-likeness (QED) is 0.629. The van der Waals surface area contributed by atoms with Crippen molar-refractivity contribution in [2.45, 2.75) is 63.8 Å². The van der Waals surface area contributed by atoms with Gasteiger partial charge in [-0.2, -0.15) is 0 Å². The summed E-state index contributed by atoms with van der Waals surface area (Å²) in [7, 11) is 0. The molecule has 1 aliphatic carbocycles. The highest BCUT2D eigenvalue weighted by molar-refractivity contribution is 5.74. The van der Waals surface area contributed by atoms with E-state index in [9.17, 15) is 4.79 Å². The van der Waals surface area contributed by atoms with Gasteiger partial charge in [0.1, 0.15) is 0 Å². The molecule has 1 aliphatic heterocycles. The second kappa shape index (κ2) is 6.12. The minimum atomic E-state index is 0.0617. The zero-order valence-corrected chi connectivity index (χ0v) is 10.2. The van der Waals surface area contributed by atoms with Crippen LogP contribution in [0.25, 0.3) is 0 Å². The molecule has 2 amide bonds. The first kappa shape index (κ1) is 11.7. The van der Waals surface area contributed by atoms with Gasteiger partial charge in [-0.3, -0.25) is 0 Å². The van der Waals surface area contributed by atoms with Gasteiger partial charge in [0.25, 0.3) is 0 Å². The van der Waals surface area contributed by atoms with Crippen LogP contribution in [0.3, 0.4) is 0 Å². The van der Waals surface area contributed by atoms with Crippen LogP contribution in [0.2, 0.25) is 0 Å². The van der Waals surface area contributed by atoms with Crippen molar-refractivity contribution in [3.05, 3.63) is 0 Å². The number of hydrogen-bond acceptors (Lipinski definition) is 1. The minimum Gasteiger partial charge on any atom is -0.323 e. The fourth-order valence-corrected chi connectivity index (χ4v) is 2.71. The molecule has 3 nitrogen and oxygen atoms in total. The highest BCUT2D eigenvalue weighted by atomic mass is 16.2. The van der Waals surface area contributed by atoms with Crippen LogP contribution in [0.5, 0.6) is 0 Å². The Labute approximate surface area is 98.6 Å². The van der Waals surface area contributed by atoms with Crippen molar-refractivity contribution in [2.75, 3.05) is 13.1 Å². The average Bonchev–Trinajstić information content (AvgIpc) is 2.59. The van der Waals surface area contributed by atoms with E-state index in [1.807, 2.05) is 4.90 Å². The molecular weight excluding hydrogens is 200 g/mol. The maximum atomic E-state index is 11.9. The topological polar surface area (TPSA) is 34.4 Å². The van der Waals surface area contributed by atoms with Gasteiger partial charge in [-0.05, 0) is 32.1 Å². The van der Waals surface area contributed by atoms with Gasteiger partial charge < -0.3 is 4.90 Å². The molecule has 0 aromatic carbocycles. The zero-order valence-electron chi connectivity index (χ0n) is 10.2. The number of piperidine rings is 1. The first-order valence-electron chi connectivity index (χ1n) is 6.86. The van der Waals surface area contributed by atoms with Crippen molar-refractivity contribution in [3.8, 4) is 0 Å². The van der Waals surface area contributed by atoms with Crippen LogP contribution < -0.4 is 5.32 Å². The molecule has 2 aliphatic rings. The van der Waals surface area contributed by atoms with Crippen LogP contribution >= 0.6 is 0 Å². The summed E-state index contributed by atoms with van der Waals surface area (Å²) in [6.45, 7) is 1.85. The highest BCUT2D eigenvalue weighted by Crippen LogP contribution is 2.18. The zero-order chi connectivity index (χ0) is 11.2. The molecular formula is C13H23N2O. The molecule has 1 saturated heterocycles. The SMILES string of the molecule is O=C([N]C1CCCCCC1)N1CCCCC1. The molecule has 1 radical (unpaired) electrons. The molecule has 2 fully saturated rings. The average molecular weight is 223 g/mol. The lowest BCUT2D eigenvalue weighted by molar-refractivity contribution is 0.180. The molecule has 0 N–H and O–H groups in total. The fourth-order valence-electron chi connectivity index (χ4n) is 2.71. The number of carbonyl (C=O) groups is 1. The molecule has 0 atom stereocenters. The first-order chi connectivity index (χ1) is 7.86. The van der Waals surface area contributed by atoms with Crippen LogP contribution in [0.4, 0.5) is 4.79 Å². The van der Waals surface area contributed by atoms with E-state index >= 15 is 0 Å². The Morgan fingerprint density at radius 3 is 2.06 bits per heavy atom. The van der Waals surface area contributed by atoms with Crippen LogP contribution in [0.15, 0.2) is 0 Å². The maximum Gasteiger partial charge on any atom is 0.339 e. The Morgan fingerprint density at radius 1 is 0.875 bits per heavy atom. The summed E-state index contributed by atoms with van der Waals surface area (Å²) in [6, 6.07) is 0.378. The molecule has 0 unspecified atom stereocenters. The Balaban J connectivity index is 1.76. The van der Waals surface area contributed by atoms with Gasteiger partial charge in [0.05, 0.1) is 6.04 Å². The monoisotopic (exact) mass is 223 g/mol. The first-order valence-corrected chi connectivity index (χ1v) is 6.86. The lowest BCUT2D eigenvalue weighted by atomic mass is 10.1. The Bertz CT molecular complexity index is 216. The summed E-state index contributed by atoms with van der Waals surface area (Å²) in [4.78, 5) is 13.9. The van der Waals surface area contributed by atoms with E-state index in [1.165, 1.54) is 32.1 Å². The summed E-state index contributed by atoms with van der Waals surface area (Å²) in [6.07, 6.45) is 11.0. The Hall–Kier alpha value is -0.730. The molecule has 0 bridgehead atoms. The smallest absolute Gasteiger partial charge is 0.323 e. The number of rotatable bonds is 1. The summed E-state index contributed by atoms with van der Waals surface area (Å²) in [5.74, 6) is 0. The van der Waals surface area contributed by atoms with Gasteiger partial charge in [0.2, 0.25) is 0 Å². The Kier molecular flexibility index (Phi) is 4.49. The molecule has 16 heavy (non-hydrogen) atoms. The van der Waals surface area contributed by atoms with E-state index in [0.717, 1.165) is 38.8 Å². The molecule has 3 heteroatoms. The van der Waals surface area contributed by atoms with Crippen LogP contribution in [0.1, 0.15) is 57.8 Å². The fraction of sp³-hybridized carbons (Fsp3) is 0.923. The number of carbonyl (C=O) groups excluding carboxylic acids is 1. The third-order valence-corrected chi connectivity index (χ3v) is 3.74. The summed E-state index contributed by atoms with van der Waals surface area (Å²) in [5, 5.41) is 4.41. The molecule has 91 valence electrons. The van der Waals surface area contributed by atoms with Gasteiger partial charge >= 0.3 is 6.03 Å². The van der Waals surface area contributed by atoms with Crippen LogP contribution in [-0.2, 0) is 0 Å². The van der Waals surface area contributed by atoms with Crippen molar-refractivity contribution in [3.63, 3.8) is 0 Å². The molecule has 0 spiro atoms. The van der Waals surface area contributed by atoms with Crippen molar-refractivity contribution in [1.82, 2.24) is 10.2 Å². The van der Waals surface area contributed by atoms with Gasteiger partial charge in [0.15, 0.2) is 0 Å². The number of urea groups is 1. The molecule has 0 aromatic heterocycles. The molecule has 2 rings (SSSR count). The van der Waals surface area contributed by atoms with Gasteiger partial charge in [0, 0.05) is 13.1 Å².